The highest BCUT2D eigenvalue weighted by Crippen LogP contribution is 2.29. The minimum absolute atomic E-state index is 0.166. The monoisotopic (exact) mass is 208 g/mol. The second-order valence-corrected chi connectivity index (χ2v) is 4.05. The maximum absolute atomic E-state index is 10.1. The van der Waals surface area contributed by atoms with Gasteiger partial charge in [0.2, 0.25) is 0 Å². The number of thiol groups is 1. The van der Waals surface area contributed by atoms with E-state index in [1.165, 1.54) is 0 Å². The third kappa shape index (κ3) is 2.40. The van der Waals surface area contributed by atoms with Crippen LogP contribution in [0.15, 0.2) is 49.1 Å². The number of allylic oxidation sites excluding steroid dienone is 3. The highest BCUT2D eigenvalue weighted by molar-refractivity contribution is 7.81. The number of hydrogen-bond acceptors (Lipinski definition) is 2. The van der Waals surface area contributed by atoms with Gasteiger partial charge in [0.05, 0.1) is 5.25 Å². The van der Waals surface area contributed by atoms with E-state index in [4.69, 9.17) is 0 Å². The molecule has 2 atom stereocenters. The molecule has 2 unspecified atom stereocenters. The van der Waals surface area contributed by atoms with Crippen LogP contribution in [0, 0.1) is 0 Å². The van der Waals surface area contributed by atoms with Gasteiger partial charge in [-0.15, -0.1) is 13.2 Å². The lowest BCUT2D eigenvalue weighted by molar-refractivity contribution is 0.102. The molecule has 76 valence electrons. The van der Waals surface area contributed by atoms with Crippen molar-refractivity contribution in [3.63, 3.8) is 0 Å². The van der Waals surface area contributed by atoms with Crippen molar-refractivity contribution >= 4 is 12.6 Å². The van der Waals surface area contributed by atoms with Crippen molar-refractivity contribution < 1.29 is 5.11 Å². The lowest BCUT2D eigenvalue weighted by Crippen LogP contribution is -2.37. The van der Waals surface area contributed by atoms with Crippen molar-refractivity contribution in [1.29, 1.82) is 0 Å². The van der Waals surface area contributed by atoms with E-state index in [2.05, 4.69) is 25.8 Å². The molecule has 0 saturated carbocycles. The van der Waals surface area contributed by atoms with Crippen molar-refractivity contribution in [1.82, 2.24) is 0 Å². The molecule has 1 aliphatic rings. The maximum atomic E-state index is 10.1. The van der Waals surface area contributed by atoms with E-state index in [0.717, 1.165) is 12.0 Å². The Hall–Kier alpha value is -0.730. The summed E-state index contributed by atoms with van der Waals surface area (Å²) in [5.74, 6) is 0. The summed E-state index contributed by atoms with van der Waals surface area (Å²) >= 11 is 4.37. The summed E-state index contributed by atoms with van der Waals surface area (Å²) in [6.07, 6.45) is 10.6. The molecule has 0 spiro atoms. The average molecular weight is 208 g/mol. The van der Waals surface area contributed by atoms with Crippen LogP contribution in [0.1, 0.15) is 12.8 Å². The zero-order valence-electron chi connectivity index (χ0n) is 8.19. The molecule has 0 bridgehead atoms. The fourth-order valence-corrected chi connectivity index (χ4v) is 1.86. The molecule has 0 amide bonds. The third-order valence-corrected chi connectivity index (χ3v) is 2.92. The fourth-order valence-electron chi connectivity index (χ4n) is 1.48. The van der Waals surface area contributed by atoms with Gasteiger partial charge in [0.25, 0.3) is 0 Å². The molecule has 0 aromatic carbocycles. The fraction of sp³-hybridized carbons (Fsp3) is 0.333. The van der Waals surface area contributed by atoms with Gasteiger partial charge in [0.1, 0.15) is 5.60 Å². The van der Waals surface area contributed by atoms with Crippen molar-refractivity contribution in [2.45, 2.75) is 23.7 Å². The van der Waals surface area contributed by atoms with E-state index in [9.17, 15) is 5.11 Å². The molecule has 0 fully saturated rings. The van der Waals surface area contributed by atoms with Gasteiger partial charge in [0, 0.05) is 0 Å². The average Bonchev–Trinajstić information content (AvgIpc) is 2.13. The highest BCUT2D eigenvalue weighted by Gasteiger charge is 2.31. The SMILES string of the molecule is C=CCC1=CC(S)C(O)(CC=C)C=C1. The molecule has 0 saturated heterocycles. The molecule has 0 aliphatic heterocycles. The van der Waals surface area contributed by atoms with Crippen LogP contribution in [-0.2, 0) is 0 Å². The molecule has 1 N–H and O–H groups in total. The van der Waals surface area contributed by atoms with Crippen molar-refractivity contribution in [2.24, 2.45) is 0 Å². The Labute approximate surface area is 90.9 Å². The second kappa shape index (κ2) is 4.67. The van der Waals surface area contributed by atoms with E-state index < -0.39 is 5.60 Å². The lowest BCUT2D eigenvalue weighted by Gasteiger charge is -2.31. The predicted molar refractivity (Wildman–Crippen MR) is 64.6 cm³/mol. The normalized spacial score (nSPS) is 31.0. The van der Waals surface area contributed by atoms with Crippen LogP contribution in [0.5, 0.6) is 0 Å². The first kappa shape index (κ1) is 11.3. The summed E-state index contributed by atoms with van der Waals surface area (Å²) in [6.45, 7) is 7.30. The Morgan fingerprint density at radius 1 is 1.50 bits per heavy atom. The molecular formula is C12H16OS. The van der Waals surface area contributed by atoms with Gasteiger partial charge in [-0.05, 0) is 18.4 Å². The Morgan fingerprint density at radius 3 is 2.71 bits per heavy atom. The Morgan fingerprint density at radius 2 is 2.21 bits per heavy atom. The number of hydrogen-bond donors (Lipinski definition) is 2. The Balaban J connectivity index is 2.78. The van der Waals surface area contributed by atoms with Crippen LogP contribution in [-0.4, -0.2) is 16.0 Å². The highest BCUT2D eigenvalue weighted by atomic mass is 32.1. The molecule has 14 heavy (non-hydrogen) atoms. The van der Waals surface area contributed by atoms with E-state index in [-0.39, 0.29) is 5.25 Å². The molecule has 0 aromatic heterocycles. The third-order valence-electron chi connectivity index (χ3n) is 2.32. The first-order valence-electron chi connectivity index (χ1n) is 4.64. The van der Waals surface area contributed by atoms with Crippen LogP contribution >= 0.6 is 12.6 Å². The minimum atomic E-state index is -0.879. The number of aliphatic hydroxyl groups is 1. The van der Waals surface area contributed by atoms with Crippen LogP contribution in [0.3, 0.4) is 0 Å². The molecule has 2 heteroatoms. The van der Waals surface area contributed by atoms with Gasteiger partial charge < -0.3 is 5.11 Å². The summed E-state index contributed by atoms with van der Waals surface area (Å²) in [7, 11) is 0. The van der Waals surface area contributed by atoms with Gasteiger partial charge in [-0.1, -0.05) is 30.4 Å². The maximum Gasteiger partial charge on any atom is 0.101 e. The van der Waals surface area contributed by atoms with E-state index in [0.29, 0.717) is 6.42 Å². The summed E-state index contributed by atoms with van der Waals surface area (Å²) in [5.41, 5.74) is 0.268. The zero-order valence-corrected chi connectivity index (χ0v) is 9.08. The standard InChI is InChI=1S/C12H16OS/c1-3-5-10-6-8-12(13,7-4-2)11(14)9-10/h3-4,6,8-9,11,13-14H,1-2,5,7H2. The van der Waals surface area contributed by atoms with Crippen LogP contribution in [0.25, 0.3) is 0 Å². The molecule has 1 nitrogen and oxygen atoms in total. The first-order chi connectivity index (χ1) is 6.62. The molecule has 1 rings (SSSR count). The van der Waals surface area contributed by atoms with E-state index in [1.807, 2.05) is 18.2 Å². The van der Waals surface area contributed by atoms with Gasteiger partial charge in [0.15, 0.2) is 0 Å². The molecule has 1 aliphatic carbocycles. The van der Waals surface area contributed by atoms with E-state index in [1.54, 1.807) is 12.2 Å². The molecule has 0 radical (unpaired) electrons. The van der Waals surface area contributed by atoms with Gasteiger partial charge in [-0.2, -0.15) is 12.6 Å². The summed E-state index contributed by atoms with van der Waals surface area (Å²) in [5, 5.41) is 9.95. The summed E-state index contributed by atoms with van der Waals surface area (Å²) < 4.78 is 0. The van der Waals surface area contributed by atoms with Crippen LogP contribution < -0.4 is 0 Å². The predicted octanol–water partition coefficient (Wildman–Crippen LogP) is 2.66. The minimum Gasteiger partial charge on any atom is -0.384 e. The molecule has 0 heterocycles. The van der Waals surface area contributed by atoms with Crippen molar-refractivity contribution in [2.75, 3.05) is 0 Å². The van der Waals surface area contributed by atoms with Crippen LogP contribution in [0.4, 0.5) is 0 Å². The molecular weight excluding hydrogens is 192 g/mol. The van der Waals surface area contributed by atoms with Crippen molar-refractivity contribution in [3.8, 4) is 0 Å². The van der Waals surface area contributed by atoms with E-state index >= 15 is 0 Å². The smallest absolute Gasteiger partial charge is 0.101 e. The van der Waals surface area contributed by atoms with Gasteiger partial charge in [-0.3, -0.25) is 0 Å². The second-order valence-electron chi connectivity index (χ2n) is 3.50. The quantitative estimate of drug-likeness (QED) is 0.537. The lowest BCUT2D eigenvalue weighted by atomic mass is 9.88. The van der Waals surface area contributed by atoms with Crippen LogP contribution in [0.2, 0.25) is 0 Å². The zero-order chi connectivity index (χ0) is 10.6. The van der Waals surface area contributed by atoms with Gasteiger partial charge in [-0.25, -0.2) is 0 Å². The largest absolute Gasteiger partial charge is 0.384 e. The van der Waals surface area contributed by atoms with Gasteiger partial charge >= 0.3 is 0 Å². The number of rotatable bonds is 4. The molecule has 0 aromatic rings. The Bertz CT molecular complexity index is 291. The summed E-state index contributed by atoms with van der Waals surface area (Å²) in [6, 6.07) is 0. The summed E-state index contributed by atoms with van der Waals surface area (Å²) in [4.78, 5) is 0. The topological polar surface area (TPSA) is 20.2 Å². The van der Waals surface area contributed by atoms with Crippen molar-refractivity contribution in [3.05, 3.63) is 49.1 Å². The Kier molecular flexibility index (Phi) is 3.78. The first-order valence-corrected chi connectivity index (χ1v) is 5.16.